The molecule has 2 bridgehead atoms. The van der Waals surface area contributed by atoms with Gasteiger partial charge in [-0.3, -0.25) is 0 Å². The standard InChI is InChI=1S/C7H12OS/c1-2-8-4-6-3-7(1)9-5-6/h6-7H,1-5H2. The molecular weight excluding hydrogens is 132 g/mol. The second kappa shape index (κ2) is 2.51. The Hall–Kier alpha value is 0.310. The zero-order valence-corrected chi connectivity index (χ0v) is 6.32. The van der Waals surface area contributed by atoms with Crippen molar-refractivity contribution in [3.8, 4) is 0 Å². The van der Waals surface area contributed by atoms with E-state index >= 15 is 0 Å². The van der Waals surface area contributed by atoms with Gasteiger partial charge in [0.1, 0.15) is 0 Å². The molecule has 2 fully saturated rings. The highest BCUT2D eigenvalue weighted by Crippen LogP contribution is 2.35. The number of fused-ring (bicyclic) bond motifs is 2. The van der Waals surface area contributed by atoms with Gasteiger partial charge >= 0.3 is 0 Å². The quantitative estimate of drug-likeness (QED) is 0.510. The Morgan fingerprint density at radius 3 is 3.44 bits per heavy atom. The first-order valence-electron chi connectivity index (χ1n) is 3.64. The normalized spacial score (nSPS) is 42.7. The van der Waals surface area contributed by atoms with E-state index in [1.165, 1.54) is 18.6 Å². The predicted octanol–water partition coefficient (Wildman–Crippen LogP) is 1.53. The van der Waals surface area contributed by atoms with Crippen LogP contribution in [0.4, 0.5) is 0 Å². The average Bonchev–Trinajstić information content (AvgIpc) is 2.09. The lowest BCUT2D eigenvalue weighted by Crippen LogP contribution is -2.06. The third-order valence-corrected chi connectivity index (χ3v) is 3.66. The average molecular weight is 144 g/mol. The summed E-state index contributed by atoms with van der Waals surface area (Å²) in [7, 11) is 0. The Morgan fingerprint density at radius 2 is 2.44 bits per heavy atom. The van der Waals surface area contributed by atoms with E-state index in [-0.39, 0.29) is 0 Å². The molecule has 0 N–H and O–H groups in total. The fourth-order valence-electron chi connectivity index (χ4n) is 1.56. The number of hydrogen-bond donors (Lipinski definition) is 0. The van der Waals surface area contributed by atoms with Crippen LogP contribution in [0, 0.1) is 5.92 Å². The van der Waals surface area contributed by atoms with Gasteiger partial charge in [-0.2, -0.15) is 11.8 Å². The van der Waals surface area contributed by atoms with E-state index in [1.807, 2.05) is 0 Å². The summed E-state index contributed by atoms with van der Waals surface area (Å²) in [5.74, 6) is 2.24. The molecule has 9 heavy (non-hydrogen) atoms. The van der Waals surface area contributed by atoms with Crippen molar-refractivity contribution in [1.82, 2.24) is 0 Å². The molecule has 0 saturated carbocycles. The second-order valence-electron chi connectivity index (χ2n) is 2.92. The maximum atomic E-state index is 5.42. The number of hydrogen-bond acceptors (Lipinski definition) is 2. The summed E-state index contributed by atoms with van der Waals surface area (Å²) < 4.78 is 5.42. The maximum absolute atomic E-state index is 5.42. The Morgan fingerprint density at radius 1 is 1.44 bits per heavy atom. The first-order valence-corrected chi connectivity index (χ1v) is 4.69. The van der Waals surface area contributed by atoms with E-state index in [1.54, 1.807) is 0 Å². The first kappa shape index (κ1) is 6.05. The summed E-state index contributed by atoms with van der Waals surface area (Å²) in [6.07, 6.45) is 2.71. The molecule has 2 rings (SSSR count). The molecule has 0 amide bonds. The van der Waals surface area contributed by atoms with Gasteiger partial charge in [0, 0.05) is 11.9 Å². The number of ether oxygens (including phenoxy) is 1. The molecule has 2 unspecified atom stereocenters. The minimum Gasteiger partial charge on any atom is -0.381 e. The zero-order chi connectivity index (χ0) is 6.10. The van der Waals surface area contributed by atoms with Crippen molar-refractivity contribution < 1.29 is 4.74 Å². The van der Waals surface area contributed by atoms with E-state index in [0.29, 0.717) is 0 Å². The molecule has 0 aromatic heterocycles. The molecular formula is C7H12OS. The van der Waals surface area contributed by atoms with Crippen molar-refractivity contribution in [2.75, 3.05) is 19.0 Å². The molecule has 0 radical (unpaired) electrons. The molecule has 2 atom stereocenters. The highest BCUT2D eigenvalue weighted by Gasteiger charge is 2.27. The van der Waals surface area contributed by atoms with Crippen molar-refractivity contribution in [3.05, 3.63) is 0 Å². The Kier molecular flexibility index (Phi) is 1.68. The molecule has 0 aromatic rings. The monoisotopic (exact) mass is 144 g/mol. The second-order valence-corrected chi connectivity index (χ2v) is 4.25. The summed E-state index contributed by atoms with van der Waals surface area (Å²) in [5, 5.41) is 0.942. The highest BCUT2D eigenvalue weighted by molar-refractivity contribution is 8.00. The van der Waals surface area contributed by atoms with Crippen LogP contribution in [0.5, 0.6) is 0 Å². The topological polar surface area (TPSA) is 9.23 Å². The van der Waals surface area contributed by atoms with Crippen molar-refractivity contribution in [2.45, 2.75) is 18.1 Å². The molecule has 0 aromatic carbocycles. The van der Waals surface area contributed by atoms with Crippen molar-refractivity contribution >= 4 is 11.8 Å². The molecule has 2 heteroatoms. The van der Waals surface area contributed by atoms with Gasteiger partial charge < -0.3 is 4.74 Å². The lowest BCUT2D eigenvalue weighted by molar-refractivity contribution is 0.121. The first-order chi connectivity index (χ1) is 4.45. The van der Waals surface area contributed by atoms with Gasteiger partial charge in [-0.15, -0.1) is 0 Å². The molecule has 1 nitrogen and oxygen atoms in total. The largest absolute Gasteiger partial charge is 0.381 e. The molecule has 2 aliphatic rings. The summed E-state index contributed by atoms with van der Waals surface area (Å²) in [5.41, 5.74) is 0. The van der Waals surface area contributed by atoms with Crippen LogP contribution in [0.15, 0.2) is 0 Å². The summed E-state index contributed by atoms with van der Waals surface area (Å²) >= 11 is 2.15. The number of thioether (sulfide) groups is 1. The van der Waals surface area contributed by atoms with Gasteiger partial charge in [0.05, 0.1) is 6.61 Å². The van der Waals surface area contributed by atoms with E-state index < -0.39 is 0 Å². The van der Waals surface area contributed by atoms with Crippen LogP contribution in [-0.4, -0.2) is 24.2 Å². The van der Waals surface area contributed by atoms with Gasteiger partial charge in [-0.05, 0) is 24.5 Å². The fraction of sp³-hybridized carbons (Fsp3) is 1.00. The van der Waals surface area contributed by atoms with Crippen LogP contribution in [0.1, 0.15) is 12.8 Å². The van der Waals surface area contributed by atoms with Crippen molar-refractivity contribution in [2.24, 2.45) is 5.92 Å². The van der Waals surface area contributed by atoms with Gasteiger partial charge in [-0.1, -0.05) is 0 Å². The molecule has 0 aliphatic carbocycles. The van der Waals surface area contributed by atoms with Crippen molar-refractivity contribution in [1.29, 1.82) is 0 Å². The summed E-state index contributed by atoms with van der Waals surface area (Å²) in [6.45, 7) is 2.04. The van der Waals surface area contributed by atoms with Crippen LogP contribution in [0.3, 0.4) is 0 Å². The SMILES string of the molecule is C1CC2CC(CO1)CS2. The minimum atomic E-state index is 0.891. The van der Waals surface area contributed by atoms with Crippen LogP contribution >= 0.6 is 11.8 Å². The van der Waals surface area contributed by atoms with Gasteiger partial charge in [-0.25, -0.2) is 0 Å². The van der Waals surface area contributed by atoms with Crippen LogP contribution < -0.4 is 0 Å². The third-order valence-electron chi connectivity index (χ3n) is 2.10. The Balaban J connectivity index is 1.99. The molecule has 0 spiro atoms. The van der Waals surface area contributed by atoms with Crippen LogP contribution in [0.2, 0.25) is 0 Å². The zero-order valence-electron chi connectivity index (χ0n) is 5.51. The highest BCUT2D eigenvalue weighted by atomic mass is 32.2. The van der Waals surface area contributed by atoms with Crippen molar-refractivity contribution in [3.63, 3.8) is 0 Å². The van der Waals surface area contributed by atoms with Gasteiger partial charge in [0.2, 0.25) is 0 Å². The van der Waals surface area contributed by atoms with Crippen LogP contribution in [0.25, 0.3) is 0 Å². The lowest BCUT2D eigenvalue weighted by atomic mass is 10.1. The maximum Gasteiger partial charge on any atom is 0.0502 e. The minimum absolute atomic E-state index is 0.891. The lowest BCUT2D eigenvalue weighted by Gasteiger charge is -2.07. The Bertz CT molecular complexity index is 93.1. The van der Waals surface area contributed by atoms with Crippen LogP contribution in [-0.2, 0) is 4.74 Å². The molecule has 52 valence electrons. The van der Waals surface area contributed by atoms with Gasteiger partial charge in [0.15, 0.2) is 0 Å². The summed E-state index contributed by atoms with van der Waals surface area (Å²) in [6, 6.07) is 0. The smallest absolute Gasteiger partial charge is 0.0502 e. The third kappa shape index (κ3) is 1.24. The van der Waals surface area contributed by atoms with E-state index in [2.05, 4.69) is 11.8 Å². The molecule has 2 aliphatic heterocycles. The fourth-order valence-corrected chi connectivity index (χ4v) is 3.01. The van der Waals surface area contributed by atoms with E-state index in [9.17, 15) is 0 Å². The van der Waals surface area contributed by atoms with E-state index in [0.717, 1.165) is 24.4 Å². The molecule has 2 heterocycles. The predicted molar refractivity (Wildman–Crippen MR) is 39.8 cm³/mol. The summed E-state index contributed by atoms with van der Waals surface area (Å²) in [4.78, 5) is 0. The number of rotatable bonds is 0. The van der Waals surface area contributed by atoms with Gasteiger partial charge in [0.25, 0.3) is 0 Å². The Labute approximate surface area is 60.2 Å². The van der Waals surface area contributed by atoms with E-state index in [4.69, 9.17) is 4.74 Å². The molecule has 2 saturated heterocycles.